The monoisotopic (exact) mass is 343 g/mol. The van der Waals surface area contributed by atoms with Gasteiger partial charge in [0.2, 0.25) is 0 Å². The molecule has 0 saturated carbocycles. The Morgan fingerprint density at radius 1 is 0.923 bits per heavy atom. The third-order valence-corrected chi connectivity index (χ3v) is 4.72. The van der Waals surface area contributed by atoms with Crippen LogP contribution in [0.4, 0.5) is 0 Å². The molecule has 0 unspecified atom stereocenters. The van der Waals surface area contributed by atoms with Crippen molar-refractivity contribution >= 4 is 11.0 Å². The third-order valence-electron chi connectivity index (χ3n) is 4.72. The highest BCUT2D eigenvalue weighted by atomic mass is 16.1. The second-order valence-corrected chi connectivity index (χ2v) is 6.77. The van der Waals surface area contributed by atoms with E-state index in [0.29, 0.717) is 6.54 Å². The van der Waals surface area contributed by atoms with Crippen LogP contribution in [0.2, 0.25) is 0 Å². The molecule has 0 aliphatic carbocycles. The molecule has 0 saturated heterocycles. The standard InChI is InChI=1S/C22H21N3O/c1-15-8-7-9-18(12-15)14-24-20(26)13-16(2)21-17(3)23-25(22(21)24)19-10-5-4-6-11-19/h4-13H,14H2,1-3H3. The van der Waals surface area contributed by atoms with Gasteiger partial charge in [0.25, 0.3) is 5.56 Å². The number of hydrogen-bond acceptors (Lipinski definition) is 2. The van der Waals surface area contributed by atoms with Gasteiger partial charge < -0.3 is 0 Å². The molecule has 4 rings (SSSR count). The minimum absolute atomic E-state index is 0.00594. The van der Waals surface area contributed by atoms with Crippen LogP contribution in [-0.4, -0.2) is 14.3 Å². The first-order chi connectivity index (χ1) is 12.5. The number of benzene rings is 2. The van der Waals surface area contributed by atoms with Crippen molar-refractivity contribution < 1.29 is 0 Å². The summed E-state index contributed by atoms with van der Waals surface area (Å²) in [5.74, 6) is 0. The van der Waals surface area contributed by atoms with Crippen molar-refractivity contribution in [2.45, 2.75) is 27.3 Å². The van der Waals surface area contributed by atoms with Crippen LogP contribution in [-0.2, 0) is 6.54 Å². The number of nitrogens with zero attached hydrogens (tertiary/aromatic N) is 3. The zero-order chi connectivity index (χ0) is 18.3. The maximum atomic E-state index is 12.9. The smallest absolute Gasteiger partial charge is 0.252 e. The number of fused-ring (bicyclic) bond motifs is 1. The van der Waals surface area contributed by atoms with E-state index in [1.165, 1.54) is 5.56 Å². The van der Waals surface area contributed by atoms with E-state index in [9.17, 15) is 4.79 Å². The van der Waals surface area contributed by atoms with Crippen LogP contribution in [0.1, 0.15) is 22.4 Å². The summed E-state index contributed by atoms with van der Waals surface area (Å²) >= 11 is 0. The molecule has 2 heterocycles. The Balaban J connectivity index is 2.02. The maximum absolute atomic E-state index is 12.9. The summed E-state index contributed by atoms with van der Waals surface area (Å²) in [6.07, 6.45) is 0. The number of para-hydroxylation sites is 1. The minimum atomic E-state index is -0.00594. The van der Waals surface area contributed by atoms with Gasteiger partial charge in [-0.1, -0.05) is 48.0 Å². The number of hydrogen-bond donors (Lipinski definition) is 0. The summed E-state index contributed by atoms with van der Waals surface area (Å²) in [4.78, 5) is 12.9. The van der Waals surface area contributed by atoms with E-state index < -0.39 is 0 Å². The van der Waals surface area contributed by atoms with E-state index in [2.05, 4.69) is 25.1 Å². The molecule has 0 fully saturated rings. The second-order valence-electron chi connectivity index (χ2n) is 6.77. The predicted molar refractivity (Wildman–Crippen MR) is 105 cm³/mol. The van der Waals surface area contributed by atoms with Crippen LogP contribution in [0.25, 0.3) is 16.7 Å². The fourth-order valence-electron chi connectivity index (χ4n) is 3.56. The summed E-state index contributed by atoms with van der Waals surface area (Å²) in [5.41, 5.74) is 5.98. The summed E-state index contributed by atoms with van der Waals surface area (Å²) < 4.78 is 3.71. The van der Waals surface area contributed by atoms with Crippen LogP contribution < -0.4 is 5.56 Å². The van der Waals surface area contributed by atoms with Crippen molar-refractivity contribution in [3.05, 3.63) is 93.4 Å². The highest BCUT2D eigenvalue weighted by Crippen LogP contribution is 2.24. The van der Waals surface area contributed by atoms with Crippen molar-refractivity contribution in [3.8, 4) is 5.69 Å². The average molecular weight is 343 g/mol. The first-order valence-corrected chi connectivity index (χ1v) is 8.75. The average Bonchev–Trinajstić information content (AvgIpc) is 2.97. The lowest BCUT2D eigenvalue weighted by Gasteiger charge is -2.13. The van der Waals surface area contributed by atoms with E-state index in [4.69, 9.17) is 5.10 Å². The molecule has 2 aromatic carbocycles. The molecular formula is C22H21N3O. The molecule has 0 atom stereocenters. The zero-order valence-electron chi connectivity index (χ0n) is 15.2. The van der Waals surface area contributed by atoms with Crippen molar-refractivity contribution in [1.82, 2.24) is 14.3 Å². The Morgan fingerprint density at radius 3 is 2.42 bits per heavy atom. The van der Waals surface area contributed by atoms with Gasteiger partial charge in [-0.15, -0.1) is 0 Å². The second kappa shape index (κ2) is 6.30. The number of aryl methyl sites for hydroxylation is 3. The Kier molecular flexibility index (Phi) is 3.96. The summed E-state index contributed by atoms with van der Waals surface area (Å²) in [5, 5.41) is 5.78. The lowest BCUT2D eigenvalue weighted by Crippen LogP contribution is -2.22. The zero-order valence-corrected chi connectivity index (χ0v) is 15.2. The van der Waals surface area contributed by atoms with Crippen LogP contribution in [0.3, 0.4) is 0 Å². The van der Waals surface area contributed by atoms with E-state index in [1.807, 2.05) is 59.5 Å². The molecule has 26 heavy (non-hydrogen) atoms. The minimum Gasteiger partial charge on any atom is -0.288 e. The molecule has 4 aromatic rings. The SMILES string of the molecule is Cc1cccc(Cn2c(=O)cc(C)c3c(C)nn(-c4ccccc4)c32)c1. The van der Waals surface area contributed by atoms with Crippen molar-refractivity contribution in [1.29, 1.82) is 0 Å². The van der Waals surface area contributed by atoms with Crippen LogP contribution in [0, 0.1) is 20.8 Å². The van der Waals surface area contributed by atoms with Gasteiger partial charge in [0, 0.05) is 11.5 Å². The largest absolute Gasteiger partial charge is 0.288 e. The van der Waals surface area contributed by atoms with Crippen LogP contribution in [0.5, 0.6) is 0 Å². The van der Waals surface area contributed by atoms with Crippen molar-refractivity contribution in [2.75, 3.05) is 0 Å². The van der Waals surface area contributed by atoms with Gasteiger partial charge >= 0.3 is 0 Å². The van der Waals surface area contributed by atoms with Gasteiger partial charge in [-0.2, -0.15) is 5.10 Å². The molecule has 0 bridgehead atoms. The van der Waals surface area contributed by atoms with Gasteiger partial charge in [-0.05, 0) is 44.0 Å². The van der Waals surface area contributed by atoms with Gasteiger partial charge in [0.1, 0.15) is 5.65 Å². The molecule has 4 nitrogen and oxygen atoms in total. The molecular weight excluding hydrogens is 322 g/mol. The first-order valence-electron chi connectivity index (χ1n) is 8.75. The van der Waals surface area contributed by atoms with E-state index in [0.717, 1.165) is 33.5 Å². The maximum Gasteiger partial charge on any atom is 0.252 e. The highest BCUT2D eigenvalue weighted by Gasteiger charge is 2.17. The molecule has 0 aliphatic heterocycles. The Bertz CT molecular complexity index is 1150. The van der Waals surface area contributed by atoms with Gasteiger partial charge in [-0.25, -0.2) is 4.68 Å². The third kappa shape index (κ3) is 2.73. The predicted octanol–water partition coefficient (Wildman–Crippen LogP) is 4.16. The Hall–Kier alpha value is -3.14. The van der Waals surface area contributed by atoms with Gasteiger partial charge in [0.15, 0.2) is 0 Å². The van der Waals surface area contributed by atoms with Crippen molar-refractivity contribution in [2.24, 2.45) is 0 Å². The van der Waals surface area contributed by atoms with Crippen LogP contribution in [0.15, 0.2) is 65.5 Å². The molecule has 2 aromatic heterocycles. The molecule has 0 radical (unpaired) electrons. The molecule has 130 valence electrons. The van der Waals surface area contributed by atoms with E-state index >= 15 is 0 Å². The summed E-state index contributed by atoms with van der Waals surface area (Å²) in [6.45, 7) is 6.56. The molecule has 0 spiro atoms. The molecule has 0 amide bonds. The Labute approximate surface area is 152 Å². The van der Waals surface area contributed by atoms with Gasteiger partial charge in [-0.3, -0.25) is 9.36 Å². The quantitative estimate of drug-likeness (QED) is 0.560. The molecule has 0 N–H and O–H groups in total. The number of pyridine rings is 1. The molecule has 4 heteroatoms. The van der Waals surface area contributed by atoms with E-state index in [1.54, 1.807) is 6.07 Å². The highest BCUT2D eigenvalue weighted by molar-refractivity contribution is 5.83. The topological polar surface area (TPSA) is 39.8 Å². The first kappa shape index (κ1) is 16.3. The fourth-order valence-corrected chi connectivity index (χ4v) is 3.56. The van der Waals surface area contributed by atoms with Crippen molar-refractivity contribution in [3.63, 3.8) is 0 Å². The lowest BCUT2D eigenvalue weighted by atomic mass is 10.1. The van der Waals surface area contributed by atoms with E-state index in [-0.39, 0.29) is 5.56 Å². The number of rotatable bonds is 3. The van der Waals surface area contributed by atoms with Gasteiger partial charge in [0.05, 0.1) is 17.9 Å². The lowest BCUT2D eigenvalue weighted by molar-refractivity contribution is 0.750. The fraction of sp³-hybridized carbons (Fsp3) is 0.182. The summed E-state index contributed by atoms with van der Waals surface area (Å²) in [6, 6.07) is 19.9. The molecule has 0 aliphatic rings. The normalized spacial score (nSPS) is 11.2. The number of aromatic nitrogens is 3. The summed E-state index contributed by atoms with van der Waals surface area (Å²) in [7, 11) is 0. The van der Waals surface area contributed by atoms with Crippen LogP contribution >= 0.6 is 0 Å². The Morgan fingerprint density at radius 2 is 1.69 bits per heavy atom.